The normalized spacial score (nSPS) is 23.0. The van der Waals surface area contributed by atoms with E-state index in [0.29, 0.717) is 11.8 Å². The van der Waals surface area contributed by atoms with E-state index in [0.717, 1.165) is 13.1 Å². The molecule has 0 spiro atoms. The van der Waals surface area contributed by atoms with Gasteiger partial charge in [-0.15, -0.1) is 0 Å². The first-order valence-electron chi connectivity index (χ1n) is 6.20. The van der Waals surface area contributed by atoms with E-state index in [4.69, 9.17) is 0 Å². The second kappa shape index (κ2) is 5.46. The molecule has 2 N–H and O–H groups in total. The van der Waals surface area contributed by atoms with Crippen LogP contribution in [-0.4, -0.2) is 24.8 Å². The van der Waals surface area contributed by atoms with E-state index < -0.39 is 0 Å². The summed E-state index contributed by atoms with van der Waals surface area (Å²) in [5.74, 6) is 0.883. The molecule has 0 aliphatic carbocycles. The molecule has 1 saturated heterocycles. The second-order valence-electron chi connectivity index (χ2n) is 4.75. The molecule has 0 bridgehead atoms. The van der Waals surface area contributed by atoms with Crippen molar-refractivity contribution in [1.82, 2.24) is 5.32 Å². The number of hydrogen-bond acceptors (Lipinski definition) is 2. The van der Waals surface area contributed by atoms with Gasteiger partial charge in [0, 0.05) is 5.92 Å². The van der Waals surface area contributed by atoms with Crippen LogP contribution in [0.3, 0.4) is 0 Å². The highest BCUT2D eigenvalue weighted by molar-refractivity contribution is 5.30. The Hall–Kier alpha value is -0.860. The summed E-state index contributed by atoms with van der Waals surface area (Å²) in [4.78, 5) is 0. The number of hydrogen-bond donors (Lipinski definition) is 2. The molecule has 1 aromatic rings. The number of benzene rings is 1. The zero-order valence-electron chi connectivity index (χ0n) is 9.95. The van der Waals surface area contributed by atoms with Crippen LogP contribution in [0.1, 0.15) is 29.9 Å². The SMILES string of the molecule is Cc1ccccc1C(CO)C1CCCNC1. The Kier molecular flexibility index (Phi) is 3.97. The van der Waals surface area contributed by atoms with Crippen LogP contribution >= 0.6 is 0 Å². The minimum atomic E-state index is 0.261. The van der Waals surface area contributed by atoms with Crippen molar-refractivity contribution in [2.75, 3.05) is 19.7 Å². The molecule has 88 valence electrons. The zero-order chi connectivity index (χ0) is 11.4. The van der Waals surface area contributed by atoms with Crippen LogP contribution < -0.4 is 5.32 Å². The average molecular weight is 219 g/mol. The smallest absolute Gasteiger partial charge is 0.0502 e. The van der Waals surface area contributed by atoms with Crippen molar-refractivity contribution in [3.05, 3.63) is 35.4 Å². The molecular weight excluding hydrogens is 198 g/mol. The highest BCUT2D eigenvalue weighted by Crippen LogP contribution is 2.30. The summed E-state index contributed by atoms with van der Waals surface area (Å²) in [6.07, 6.45) is 2.46. The third kappa shape index (κ3) is 2.45. The fraction of sp³-hybridized carbons (Fsp3) is 0.571. The van der Waals surface area contributed by atoms with Gasteiger partial charge in [-0.2, -0.15) is 0 Å². The van der Waals surface area contributed by atoms with Gasteiger partial charge < -0.3 is 10.4 Å². The molecule has 1 aliphatic rings. The van der Waals surface area contributed by atoms with Gasteiger partial charge in [0.05, 0.1) is 6.61 Å². The molecule has 2 atom stereocenters. The van der Waals surface area contributed by atoms with Gasteiger partial charge in [0.2, 0.25) is 0 Å². The lowest BCUT2D eigenvalue weighted by Crippen LogP contribution is -2.34. The molecule has 0 saturated carbocycles. The highest BCUT2D eigenvalue weighted by Gasteiger charge is 2.25. The van der Waals surface area contributed by atoms with E-state index in [-0.39, 0.29) is 6.61 Å². The molecular formula is C14H21NO. The summed E-state index contributed by atoms with van der Waals surface area (Å²) in [6, 6.07) is 8.42. The summed E-state index contributed by atoms with van der Waals surface area (Å²) < 4.78 is 0. The van der Waals surface area contributed by atoms with Gasteiger partial charge in [-0.25, -0.2) is 0 Å². The minimum Gasteiger partial charge on any atom is -0.396 e. The van der Waals surface area contributed by atoms with E-state index >= 15 is 0 Å². The zero-order valence-corrected chi connectivity index (χ0v) is 9.95. The van der Waals surface area contributed by atoms with Gasteiger partial charge in [-0.3, -0.25) is 0 Å². The fourth-order valence-electron chi connectivity index (χ4n) is 2.73. The monoisotopic (exact) mass is 219 g/mol. The van der Waals surface area contributed by atoms with Crippen molar-refractivity contribution in [3.63, 3.8) is 0 Å². The quantitative estimate of drug-likeness (QED) is 0.815. The van der Waals surface area contributed by atoms with Gasteiger partial charge in [-0.1, -0.05) is 24.3 Å². The fourth-order valence-corrected chi connectivity index (χ4v) is 2.73. The maximum Gasteiger partial charge on any atom is 0.0502 e. The molecule has 0 radical (unpaired) electrons. The lowest BCUT2D eigenvalue weighted by molar-refractivity contribution is 0.203. The molecule has 2 rings (SSSR count). The third-order valence-corrected chi connectivity index (χ3v) is 3.69. The summed E-state index contributed by atoms with van der Waals surface area (Å²) in [6.45, 7) is 4.56. The van der Waals surface area contributed by atoms with Crippen molar-refractivity contribution < 1.29 is 5.11 Å². The van der Waals surface area contributed by atoms with Gasteiger partial charge in [0.1, 0.15) is 0 Å². The molecule has 16 heavy (non-hydrogen) atoms. The number of aliphatic hydroxyl groups is 1. The maximum atomic E-state index is 9.63. The maximum absolute atomic E-state index is 9.63. The van der Waals surface area contributed by atoms with Crippen LogP contribution in [0.2, 0.25) is 0 Å². The molecule has 2 nitrogen and oxygen atoms in total. The van der Waals surface area contributed by atoms with Gasteiger partial charge in [0.15, 0.2) is 0 Å². The number of aliphatic hydroxyl groups excluding tert-OH is 1. The lowest BCUT2D eigenvalue weighted by Gasteiger charge is -2.30. The Bertz CT molecular complexity index is 331. The van der Waals surface area contributed by atoms with Crippen LogP contribution in [-0.2, 0) is 0 Å². The van der Waals surface area contributed by atoms with E-state index in [1.165, 1.54) is 24.0 Å². The Morgan fingerprint density at radius 3 is 2.88 bits per heavy atom. The lowest BCUT2D eigenvalue weighted by atomic mass is 9.80. The molecule has 2 heteroatoms. The van der Waals surface area contributed by atoms with Crippen LogP contribution in [0, 0.1) is 12.8 Å². The van der Waals surface area contributed by atoms with Crippen LogP contribution in [0.25, 0.3) is 0 Å². The van der Waals surface area contributed by atoms with Crippen molar-refractivity contribution in [2.24, 2.45) is 5.92 Å². The predicted octanol–water partition coefficient (Wildman–Crippen LogP) is 2.07. The van der Waals surface area contributed by atoms with Gasteiger partial charge in [-0.05, 0) is 49.9 Å². The summed E-state index contributed by atoms with van der Waals surface area (Å²) >= 11 is 0. The van der Waals surface area contributed by atoms with E-state index in [1.54, 1.807) is 0 Å². The van der Waals surface area contributed by atoms with Gasteiger partial charge in [0.25, 0.3) is 0 Å². The van der Waals surface area contributed by atoms with Crippen molar-refractivity contribution in [1.29, 1.82) is 0 Å². The molecule has 0 aromatic heterocycles. The van der Waals surface area contributed by atoms with Gasteiger partial charge >= 0.3 is 0 Å². The first-order chi connectivity index (χ1) is 7.83. The molecule has 1 heterocycles. The topological polar surface area (TPSA) is 32.3 Å². The first kappa shape index (κ1) is 11.6. The molecule has 2 unspecified atom stereocenters. The molecule has 1 fully saturated rings. The second-order valence-corrected chi connectivity index (χ2v) is 4.75. The Labute approximate surface area is 97.7 Å². The van der Waals surface area contributed by atoms with Crippen molar-refractivity contribution in [3.8, 4) is 0 Å². The number of piperidine rings is 1. The molecule has 1 aromatic carbocycles. The number of aryl methyl sites for hydroxylation is 1. The van der Waals surface area contributed by atoms with Crippen LogP contribution in [0.5, 0.6) is 0 Å². The van der Waals surface area contributed by atoms with Crippen molar-refractivity contribution >= 4 is 0 Å². The Balaban J connectivity index is 2.18. The first-order valence-corrected chi connectivity index (χ1v) is 6.20. The Morgan fingerprint density at radius 1 is 1.44 bits per heavy atom. The largest absolute Gasteiger partial charge is 0.396 e. The molecule has 1 aliphatic heterocycles. The highest BCUT2D eigenvalue weighted by atomic mass is 16.3. The third-order valence-electron chi connectivity index (χ3n) is 3.69. The van der Waals surface area contributed by atoms with E-state index in [1.807, 2.05) is 0 Å². The Morgan fingerprint density at radius 2 is 2.25 bits per heavy atom. The van der Waals surface area contributed by atoms with Crippen LogP contribution in [0.15, 0.2) is 24.3 Å². The number of nitrogens with one attached hydrogen (secondary N) is 1. The van der Waals surface area contributed by atoms with Crippen LogP contribution in [0.4, 0.5) is 0 Å². The van der Waals surface area contributed by atoms with E-state index in [9.17, 15) is 5.11 Å². The number of rotatable bonds is 3. The summed E-state index contributed by atoms with van der Waals surface area (Å²) in [5, 5.41) is 13.1. The average Bonchev–Trinajstić information content (AvgIpc) is 2.34. The van der Waals surface area contributed by atoms with Crippen molar-refractivity contribution in [2.45, 2.75) is 25.7 Å². The standard InChI is InChI=1S/C14H21NO/c1-11-5-2-3-7-13(11)14(10-16)12-6-4-8-15-9-12/h2-3,5,7,12,14-16H,4,6,8-10H2,1H3. The minimum absolute atomic E-state index is 0.261. The summed E-state index contributed by atoms with van der Waals surface area (Å²) in [7, 11) is 0. The summed E-state index contributed by atoms with van der Waals surface area (Å²) in [5.41, 5.74) is 2.62. The van der Waals surface area contributed by atoms with E-state index in [2.05, 4.69) is 36.5 Å². The predicted molar refractivity (Wildman–Crippen MR) is 66.6 cm³/mol. The molecule has 0 amide bonds.